The lowest BCUT2D eigenvalue weighted by atomic mass is 10.1. The summed E-state index contributed by atoms with van der Waals surface area (Å²) in [5.74, 6) is -0.656. The predicted molar refractivity (Wildman–Crippen MR) is 110 cm³/mol. The lowest BCUT2D eigenvalue weighted by Crippen LogP contribution is -2.40. The molecule has 0 radical (unpaired) electrons. The van der Waals surface area contributed by atoms with Crippen molar-refractivity contribution in [3.63, 3.8) is 0 Å². The molecule has 0 saturated carbocycles. The lowest BCUT2D eigenvalue weighted by Gasteiger charge is -2.22. The van der Waals surface area contributed by atoms with Gasteiger partial charge in [0.05, 0.1) is 34.7 Å². The third-order valence-electron chi connectivity index (χ3n) is 4.80. The molecule has 164 valence electrons. The highest BCUT2D eigenvalue weighted by molar-refractivity contribution is 5.87. The maximum Gasteiger partial charge on any atom is 0.333 e. The molecule has 8 nitrogen and oxygen atoms in total. The molecule has 0 saturated heterocycles. The molecule has 0 aliphatic carbocycles. The van der Waals surface area contributed by atoms with Gasteiger partial charge in [0, 0.05) is 23.5 Å². The van der Waals surface area contributed by atoms with E-state index in [9.17, 15) is 13.9 Å². The summed E-state index contributed by atoms with van der Waals surface area (Å²) in [5, 5.41) is 25.9. The maximum absolute atomic E-state index is 15.1. The number of nitriles is 1. The van der Waals surface area contributed by atoms with Crippen molar-refractivity contribution in [2.75, 3.05) is 0 Å². The van der Waals surface area contributed by atoms with E-state index in [0.717, 1.165) is 12.4 Å². The van der Waals surface area contributed by atoms with Gasteiger partial charge < -0.3 is 10.1 Å². The normalized spacial score (nSPS) is 12.9. The first kappa shape index (κ1) is 21.5. The number of nitrogens with zero attached hydrogens (tertiary/aromatic N) is 5. The minimum absolute atomic E-state index is 0.00313. The molecule has 32 heavy (non-hydrogen) atoms. The number of fused-ring (bicyclic) bond motifs is 1. The van der Waals surface area contributed by atoms with Gasteiger partial charge in [-0.2, -0.15) is 19.1 Å². The first-order valence-electron chi connectivity index (χ1n) is 9.53. The molecule has 1 unspecified atom stereocenters. The molecule has 0 aliphatic heterocycles. The van der Waals surface area contributed by atoms with E-state index in [2.05, 4.69) is 25.4 Å². The van der Waals surface area contributed by atoms with Gasteiger partial charge in [0.1, 0.15) is 17.4 Å². The second-order valence-electron chi connectivity index (χ2n) is 7.65. The molecule has 0 aromatic carbocycles. The monoisotopic (exact) mass is 441 g/mol. The first-order valence-corrected chi connectivity index (χ1v) is 9.53. The summed E-state index contributed by atoms with van der Waals surface area (Å²) in [5.41, 5.74) is 0.619. The number of nitrogens with one attached hydrogen (secondary N) is 2. The highest BCUT2D eigenvalue weighted by Gasteiger charge is 2.22. The van der Waals surface area contributed by atoms with Crippen molar-refractivity contribution in [1.82, 2.24) is 30.0 Å². The molecule has 3 N–H and O–H groups in total. The molecule has 4 rings (SSSR count). The van der Waals surface area contributed by atoms with Gasteiger partial charge in [0.25, 0.3) is 0 Å². The van der Waals surface area contributed by atoms with Crippen molar-refractivity contribution in [2.45, 2.75) is 32.2 Å². The number of pyridine rings is 2. The molecule has 0 bridgehead atoms. The fourth-order valence-electron chi connectivity index (χ4n) is 3.17. The number of halogens is 3. The average Bonchev–Trinajstić information content (AvgIpc) is 3.38. The van der Waals surface area contributed by atoms with Gasteiger partial charge in [0.15, 0.2) is 5.82 Å². The fourth-order valence-corrected chi connectivity index (χ4v) is 3.17. The Balaban J connectivity index is 1.69. The minimum atomic E-state index is -2.83. The molecular weight excluding hydrogens is 423 g/mol. The Morgan fingerprint density at radius 2 is 2.03 bits per heavy atom. The molecule has 0 fully saturated rings. The van der Waals surface area contributed by atoms with Crippen molar-refractivity contribution < 1.29 is 18.3 Å². The maximum atomic E-state index is 15.1. The van der Waals surface area contributed by atoms with Crippen LogP contribution in [0.25, 0.3) is 33.5 Å². The van der Waals surface area contributed by atoms with E-state index >= 15 is 4.39 Å². The molecule has 0 aliphatic rings. The Morgan fingerprint density at radius 1 is 1.25 bits per heavy atom. The van der Waals surface area contributed by atoms with Gasteiger partial charge in [0.2, 0.25) is 0 Å². The van der Waals surface area contributed by atoms with E-state index in [1.807, 2.05) is 6.07 Å². The highest BCUT2D eigenvalue weighted by Crippen LogP contribution is 2.31. The van der Waals surface area contributed by atoms with Crippen LogP contribution in [0.5, 0.6) is 0 Å². The number of aliphatic hydroxyl groups excluding tert-OH is 1. The summed E-state index contributed by atoms with van der Waals surface area (Å²) in [6.45, 7) is 0.410. The number of aromatic amines is 1. The van der Waals surface area contributed by atoms with E-state index in [0.29, 0.717) is 15.9 Å². The summed E-state index contributed by atoms with van der Waals surface area (Å²) in [4.78, 5) is 11.4. The van der Waals surface area contributed by atoms with Crippen molar-refractivity contribution in [3.8, 4) is 28.6 Å². The van der Waals surface area contributed by atoms with Crippen LogP contribution < -0.4 is 5.32 Å². The van der Waals surface area contributed by atoms with Crippen LogP contribution >= 0.6 is 0 Å². The predicted octanol–water partition coefficient (Wildman–Crippen LogP) is 3.91. The molecule has 0 amide bonds. The molecule has 4 aromatic rings. The van der Waals surface area contributed by atoms with Crippen LogP contribution in [0.15, 0.2) is 42.9 Å². The third-order valence-corrected chi connectivity index (χ3v) is 4.80. The molecule has 4 aromatic heterocycles. The summed E-state index contributed by atoms with van der Waals surface area (Å²) in [7, 11) is 0. The van der Waals surface area contributed by atoms with Crippen molar-refractivity contribution in [2.24, 2.45) is 0 Å². The van der Waals surface area contributed by atoms with Crippen molar-refractivity contribution >= 4 is 11.0 Å². The molecular formula is C21H18F3N7O. The van der Waals surface area contributed by atoms with Gasteiger partial charge in [-0.1, -0.05) is 6.07 Å². The van der Waals surface area contributed by atoms with Gasteiger partial charge in [-0.15, -0.1) is 0 Å². The largest absolute Gasteiger partial charge is 0.373 e. The third kappa shape index (κ3) is 4.05. The molecule has 4 heterocycles. The number of hydrogen-bond donors (Lipinski definition) is 3. The van der Waals surface area contributed by atoms with Crippen LogP contribution in [0.4, 0.5) is 13.2 Å². The Hall–Kier alpha value is -3.75. The van der Waals surface area contributed by atoms with Crippen LogP contribution in [0.1, 0.15) is 32.3 Å². The average molecular weight is 441 g/mol. The number of aliphatic hydroxyl groups is 1. The van der Waals surface area contributed by atoms with Gasteiger partial charge in [-0.05, 0) is 32.0 Å². The number of hydrogen-bond acceptors (Lipinski definition) is 6. The summed E-state index contributed by atoms with van der Waals surface area (Å²) < 4.78 is 41.1. The Kier molecular flexibility index (Phi) is 5.41. The second-order valence-corrected chi connectivity index (χ2v) is 7.65. The number of alkyl halides is 2. The summed E-state index contributed by atoms with van der Waals surface area (Å²) in [6.07, 6.45) is 2.48. The Bertz CT molecular complexity index is 1320. The van der Waals surface area contributed by atoms with E-state index < -0.39 is 24.1 Å². The van der Waals surface area contributed by atoms with Crippen LogP contribution in [0.3, 0.4) is 0 Å². The second kappa shape index (κ2) is 8.07. The molecule has 1 atom stereocenters. The minimum Gasteiger partial charge on any atom is -0.373 e. The van der Waals surface area contributed by atoms with Crippen LogP contribution in [0, 0.1) is 17.1 Å². The SMILES string of the molecule is CC(C)(C#N)NC(O)c1cccc(-c2cnc3[nH]c(-c4cnn(C(F)F)c4)c(F)c3c2)n1. The fraction of sp³-hybridized carbons (Fsp3) is 0.238. The standard InChI is InChI=1S/C21H18F3N7O/c1-21(2,10-25)30-19(32)15-5-3-4-14(28-15)11-6-13-16(22)17(29-18(13)26-7-11)12-8-27-31(9-12)20(23)24/h3-9,19-20,30,32H,1-2H3,(H,26,29). The zero-order valence-corrected chi connectivity index (χ0v) is 17.0. The van der Waals surface area contributed by atoms with Gasteiger partial charge >= 0.3 is 6.55 Å². The van der Waals surface area contributed by atoms with Gasteiger partial charge in [-0.25, -0.2) is 19.0 Å². The van der Waals surface area contributed by atoms with E-state index in [1.165, 1.54) is 12.3 Å². The number of H-pyrrole nitrogens is 1. The van der Waals surface area contributed by atoms with Crippen LogP contribution in [-0.4, -0.2) is 35.4 Å². The molecule has 11 heteroatoms. The quantitative estimate of drug-likeness (QED) is 0.391. The van der Waals surface area contributed by atoms with Crippen LogP contribution in [-0.2, 0) is 0 Å². The topological polar surface area (TPSA) is 115 Å². The van der Waals surface area contributed by atoms with Crippen molar-refractivity contribution in [3.05, 3.63) is 54.4 Å². The van der Waals surface area contributed by atoms with E-state index in [4.69, 9.17) is 5.26 Å². The van der Waals surface area contributed by atoms with Crippen molar-refractivity contribution in [1.29, 1.82) is 5.26 Å². The number of aromatic nitrogens is 5. The van der Waals surface area contributed by atoms with Crippen LogP contribution in [0.2, 0.25) is 0 Å². The van der Waals surface area contributed by atoms with E-state index in [-0.39, 0.29) is 28.0 Å². The zero-order chi connectivity index (χ0) is 23.0. The Morgan fingerprint density at radius 3 is 2.72 bits per heavy atom. The summed E-state index contributed by atoms with van der Waals surface area (Å²) in [6, 6.07) is 8.50. The zero-order valence-electron chi connectivity index (χ0n) is 17.0. The molecule has 0 spiro atoms. The Labute approximate surface area is 180 Å². The summed E-state index contributed by atoms with van der Waals surface area (Å²) >= 11 is 0. The first-order chi connectivity index (χ1) is 15.2. The number of rotatable bonds is 6. The van der Waals surface area contributed by atoms with E-state index in [1.54, 1.807) is 32.0 Å². The lowest BCUT2D eigenvalue weighted by molar-refractivity contribution is 0.0566. The highest BCUT2D eigenvalue weighted by atomic mass is 19.3. The van der Waals surface area contributed by atoms with Gasteiger partial charge in [-0.3, -0.25) is 5.32 Å². The smallest absolute Gasteiger partial charge is 0.333 e.